The molecule has 1 fully saturated rings. The van der Waals surface area contributed by atoms with Crippen LogP contribution in [0.2, 0.25) is 0 Å². The van der Waals surface area contributed by atoms with Crippen LogP contribution in [-0.2, 0) is 5.41 Å². The van der Waals surface area contributed by atoms with E-state index in [0.717, 1.165) is 37.4 Å². The van der Waals surface area contributed by atoms with Crippen molar-refractivity contribution in [2.45, 2.75) is 45.1 Å². The van der Waals surface area contributed by atoms with Crippen molar-refractivity contribution >= 4 is 5.82 Å². The first-order valence-electron chi connectivity index (χ1n) is 6.30. The van der Waals surface area contributed by atoms with E-state index >= 15 is 0 Å². The quantitative estimate of drug-likeness (QED) is 0.803. The topological polar surface area (TPSA) is 55.0 Å². The molecule has 4 heteroatoms. The standard InChI is InChI=1S/C13H22N4/c1-13(2,3)11-8-12(16-9-15-11)17-6-4-10(14)5-7-17/h8-10H,4-7,14H2,1-3H3. The molecule has 0 bridgehead atoms. The van der Waals surface area contributed by atoms with Crippen molar-refractivity contribution in [3.05, 3.63) is 18.1 Å². The summed E-state index contributed by atoms with van der Waals surface area (Å²) in [7, 11) is 0. The van der Waals surface area contributed by atoms with Gasteiger partial charge in [0.1, 0.15) is 12.1 Å². The molecule has 0 atom stereocenters. The van der Waals surface area contributed by atoms with Gasteiger partial charge in [0.25, 0.3) is 0 Å². The number of aromatic nitrogens is 2. The van der Waals surface area contributed by atoms with Gasteiger partial charge >= 0.3 is 0 Å². The third kappa shape index (κ3) is 2.94. The van der Waals surface area contributed by atoms with Crippen LogP contribution in [0.1, 0.15) is 39.3 Å². The monoisotopic (exact) mass is 234 g/mol. The number of hydrogen-bond donors (Lipinski definition) is 1. The molecule has 2 N–H and O–H groups in total. The fourth-order valence-corrected chi connectivity index (χ4v) is 2.06. The molecule has 1 aromatic rings. The summed E-state index contributed by atoms with van der Waals surface area (Å²) in [5.74, 6) is 1.04. The Balaban J connectivity index is 2.16. The molecule has 94 valence electrons. The Labute approximate surface area is 103 Å². The second-order valence-corrected chi connectivity index (χ2v) is 5.84. The second-order valence-electron chi connectivity index (χ2n) is 5.84. The van der Waals surface area contributed by atoms with Crippen LogP contribution < -0.4 is 10.6 Å². The highest BCUT2D eigenvalue weighted by atomic mass is 15.2. The van der Waals surface area contributed by atoms with Crippen molar-refractivity contribution in [2.75, 3.05) is 18.0 Å². The maximum absolute atomic E-state index is 5.91. The van der Waals surface area contributed by atoms with E-state index in [4.69, 9.17) is 5.73 Å². The van der Waals surface area contributed by atoms with Crippen LogP contribution in [0, 0.1) is 0 Å². The van der Waals surface area contributed by atoms with Crippen LogP contribution in [0.4, 0.5) is 5.82 Å². The van der Waals surface area contributed by atoms with Gasteiger partial charge in [0.2, 0.25) is 0 Å². The van der Waals surface area contributed by atoms with Crippen molar-refractivity contribution in [1.29, 1.82) is 0 Å². The van der Waals surface area contributed by atoms with Crippen molar-refractivity contribution in [2.24, 2.45) is 5.73 Å². The van der Waals surface area contributed by atoms with Gasteiger partial charge in [-0.2, -0.15) is 0 Å². The van der Waals surface area contributed by atoms with E-state index < -0.39 is 0 Å². The first-order chi connectivity index (χ1) is 7.97. The largest absolute Gasteiger partial charge is 0.356 e. The minimum Gasteiger partial charge on any atom is -0.356 e. The lowest BCUT2D eigenvalue weighted by Gasteiger charge is -2.31. The number of piperidine rings is 1. The highest BCUT2D eigenvalue weighted by Crippen LogP contribution is 2.24. The van der Waals surface area contributed by atoms with Crippen molar-refractivity contribution < 1.29 is 0 Å². The van der Waals surface area contributed by atoms with Gasteiger partial charge < -0.3 is 10.6 Å². The van der Waals surface area contributed by atoms with Crippen molar-refractivity contribution in [1.82, 2.24) is 9.97 Å². The van der Waals surface area contributed by atoms with Crippen LogP contribution in [0.5, 0.6) is 0 Å². The molecule has 1 aliphatic heterocycles. The summed E-state index contributed by atoms with van der Waals surface area (Å²) in [6.45, 7) is 8.52. The summed E-state index contributed by atoms with van der Waals surface area (Å²) in [6, 6.07) is 2.46. The van der Waals surface area contributed by atoms with Crippen LogP contribution in [-0.4, -0.2) is 29.1 Å². The number of nitrogens with two attached hydrogens (primary N) is 1. The van der Waals surface area contributed by atoms with Crippen LogP contribution in [0.3, 0.4) is 0 Å². The molecule has 1 aromatic heterocycles. The van der Waals surface area contributed by atoms with Crippen LogP contribution >= 0.6 is 0 Å². The molecule has 0 radical (unpaired) electrons. The zero-order chi connectivity index (χ0) is 12.5. The van der Waals surface area contributed by atoms with Crippen molar-refractivity contribution in [3.63, 3.8) is 0 Å². The van der Waals surface area contributed by atoms with E-state index in [0.29, 0.717) is 6.04 Å². The fraction of sp³-hybridized carbons (Fsp3) is 0.692. The molecule has 1 saturated heterocycles. The van der Waals surface area contributed by atoms with E-state index in [2.05, 4.69) is 41.7 Å². The molecule has 0 aliphatic carbocycles. The number of hydrogen-bond acceptors (Lipinski definition) is 4. The Hall–Kier alpha value is -1.16. The fourth-order valence-electron chi connectivity index (χ4n) is 2.06. The molecule has 2 heterocycles. The number of anilines is 1. The smallest absolute Gasteiger partial charge is 0.132 e. The molecular formula is C13H22N4. The molecule has 0 unspecified atom stereocenters. The zero-order valence-electron chi connectivity index (χ0n) is 11.0. The molecule has 0 amide bonds. The van der Waals surface area contributed by atoms with Gasteiger partial charge in [-0.3, -0.25) is 0 Å². The van der Waals surface area contributed by atoms with Crippen LogP contribution in [0.25, 0.3) is 0 Å². The summed E-state index contributed by atoms with van der Waals surface area (Å²) in [4.78, 5) is 11.0. The summed E-state index contributed by atoms with van der Waals surface area (Å²) >= 11 is 0. The average Bonchev–Trinajstić information content (AvgIpc) is 2.29. The molecule has 1 aliphatic rings. The van der Waals surface area contributed by atoms with E-state index in [1.807, 2.05) is 0 Å². The van der Waals surface area contributed by atoms with Gasteiger partial charge in [-0.15, -0.1) is 0 Å². The van der Waals surface area contributed by atoms with Crippen molar-refractivity contribution in [3.8, 4) is 0 Å². The first-order valence-corrected chi connectivity index (χ1v) is 6.30. The van der Waals surface area contributed by atoms with E-state index in [1.165, 1.54) is 0 Å². The maximum Gasteiger partial charge on any atom is 0.132 e. The normalized spacial score (nSPS) is 18.5. The molecule has 4 nitrogen and oxygen atoms in total. The van der Waals surface area contributed by atoms with Gasteiger partial charge in [-0.25, -0.2) is 9.97 Å². The van der Waals surface area contributed by atoms with Gasteiger partial charge in [0.05, 0.1) is 5.69 Å². The summed E-state index contributed by atoms with van der Waals surface area (Å²) in [5.41, 5.74) is 7.08. The SMILES string of the molecule is CC(C)(C)c1cc(N2CCC(N)CC2)ncn1. The van der Waals surface area contributed by atoms with E-state index in [1.54, 1.807) is 6.33 Å². The van der Waals surface area contributed by atoms with Gasteiger partial charge in [-0.1, -0.05) is 20.8 Å². The minimum absolute atomic E-state index is 0.0733. The zero-order valence-corrected chi connectivity index (χ0v) is 11.0. The minimum atomic E-state index is 0.0733. The molecule has 2 rings (SSSR count). The Morgan fingerprint density at radius 1 is 1.24 bits per heavy atom. The predicted octanol–water partition coefficient (Wildman–Crippen LogP) is 1.70. The molecule has 17 heavy (non-hydrogen) atoms. The molecule has 0 spiro atoms. The third-order valence-corrected chi connectivity index (χ3v) is 3.28. The highest BCUT2D eigenvalue weighted by Gasteiger charge is 2.20. The molecule has 0 saturated carbocycles. The lowest BCUT2D eigenvalue weighted by atomic mass is 9.92. The summed E-state index contributed by atoms with van der Waals surface area (Å²) in [5, 5.41) is 0. The average molecular weight is 234 g/mol. The maximum atomic E-state index is 5.91. The number of nitrogens with zero attached hydrogens (tertiary/aromatic N) is 3. The van der Waals surface area contributed by atoms with Gasteiger partial charge in [-0.05, 0) is 12.8 Å². The lowest BCUT2D eigenvalue weighted by molar-refractivity contribution is 0.497. The first kappa shape index (κ1) is 12.3. The Morgan fingerprint density at radius 2 is 1.88 bits per heavy atom. The third-order valence-electron chi connectivity index (χ3n) is 3.28. The predicted molar refractivity (Wildman–Crippen MR) is 70.2 cm³/mol. The second kappa shape index (κ2) is 4.61. The van der Waals surface area contributed by atoms with Gasteiger partial charge in [0, 0.05) is 30.6 Å². The Kier molecular flexibility index (Phi) is 3.33. The molecular weight excluding hydrogens is 212 g/mol. The van der Waals surface area contributed by atoms with Gasteiger partial charge in [0.15, 0.2) is 0 Å². The Bertz CT molecular complexity index is 375. The highest BCUT2D eigenvalue weighted by molar-refractivity contribution is 5.40. The molecule has 0 aromatic carbocycles. The lowest BCUT2D eigenvalue weighted by Crippen LogP contribution is -2.40. The number of rotatable bonds is 1. The van der Waals surface area contributed by atoms with E-state index in [-0.39, 0.29) is 5.41 Å². The summed E-state index contributed by atoms with van der Waals surface area (Å²) in [6.07, 6.45) is 3.77. The summed E-state index contributed by atoms with van der Waals surface area (Å²) < 4.78 is 0. The van der Waals surface area contributed by atoms with Crippen LogP contribution in [0.15, 0.2) is 12.4 Å². The van der Waals surface area contributed by atoms with E-state index in [9.17, 15) is 0 Å². The Morgan fingerprint density at radius 3 is 2.47 bits per heavy atom.